The minimum absolute atomic E-state index is 0.0111. The number of phenolic OH excluding ortho intramolecular Hbond substituents is 1. The molecule has 0 amide bonds. The van der Waals surface area contributed by atoms with E-state index in [1.165, 1.54) is 6.07 Å². The highest BCUT2D eigenvalue weighted by atomic mass is 35.5. The molecule has 0 radical (unpaired) electrons. The van der Waals surface area contributed by atoms with Crippen molar-refractivity contribution in [3.8, 4) is 5.75 Å². The first-order valence-electron chi connectivity index (χ1n) is 5.09. The van der Waals surface area contributed by atoms with Crippen LogP contribution < -0.4 is 5.32 Å². The standard InChI is InChI=1S/C12H11Cl2NO2/c13-8-5-10(14)12(16)11(6-8)15-7-9-3-1-2-4-17-9/h2-6,15-16H,1,7H2. The van der Waals surface area contributed by atoms with Gasteiger partial charge in [-0.25, -0.2) is 0 Å². The first-order chi connectivity index (χ1) is 8.16. The zero-order chi connectivity index (χ0) is 12.3. The molecule has 0 aromatic heterocycles. The molecule has 1 aromatic carbocycles. The number of phenols is 1. The summed E-state index contributed by atoms with van der Waals surface area (Å²) in [6, 6.07) is 3.10. The zero-order valence-corrected chi connectivity index (χ0v) is 10.4. The molecule has 5 heteroatoms. The fourth-order valence-electron chi connectivity index (χ4n) is 1.44. The molecular weight excluding hydrogens is 261 g/mol. The van der Waals surface area contributed by atoms with Crippen molar-refractivity contribution >= 4 is 28.9 Å². The molecule has 0 unspecified atom stereocenters. The summed E-state index contributed by atoms with van der Waals surface area (Å²) in [4.78, 5) is 0. The van der Waals surface area contributed by atoms with E-state index < -0.39 is 0 Å². The number of halogens is 2. The highest BCUT2D eigenvalue weighted by Gasteiger charge is 2.08. The van der Waals surface area contributed by atoms with Gasteiger partial charge >= 0.3 is 0 Å². The van der Waals surface area contributed by atoms with Crippen molar-refractivity contribution in [2.75, 3.05) is 11.9 Å². The third-order valence-corrected chi connectivity index (χ3v) is 2.78. The van der Waals surface area contributed by atoms with E-state index in [0.29, 0.717) is 17.3 Å². The fraction of sp³-hybridized carbons (Fsp3) is 0.167. The van der Waals surface area contributed by atoms with Gasteiger partial charge in [0.15, 0.2) is 5.75 Å². The molecule has 1 heterocycles. The predicted molar refractivity (Wildman–Crippen MR) is 69.5 cm³/mol. The molecule has 0 saturated carbocycles. The average molecular weight is 272 g/mol. The molecular formula is C12H11Cl2NO2. The van der Waals surface area contributed by atoms with Crippen molar-refractivity contribution in [2.45, 2.75) is 6.42 Å². The predicted octanol–water partition coefficient (Wildman–Crippen LogP) is 3.93. The molecule has 0 saturated heterocycles. The maximum atomic E-state index is 9.72. The molecule has 3 nitrogen and oxygen atoms in total. The van der Waals surface area contributed by atoms with E-state index in [1.54, 1.807) is 12.3 Å². The minimum Gasteiger partial charge on any atom is -0.504 e. The Kier molecular flexibility index (Phi) is 3.82. The van der Waals surface area contributed by atoms with E-state index in [9.17, 15) is 5.11 Å². The molecule has 2 rings (SSSR count). The summed E-state index contributed by atoms with van der Waals surface area (Å²) < 4.78 is 5.27. The van der Waals surface area contributed by atoms with Crippen LogP contribution in [0.25, 0.3) is 0 Å². The average Bonchev–Trinajstić information content (AvgIpc) is 2.33. The van der Waals surface area contributed by atoms with Crippen molar-refractivity contribution in [3.63, 3.8) is 0 Å². The molecule has 0 atom stereocenters. The number of rotatable bonds is 3. The van der Waals surface area contributed by atoms with Crippen LogP contribution in [0.5, 0.6) is 5.75 Å². The second-order valence-corrected chi connectivity index (χ2v) is 4.38. The topological polar surface area (TPSA) is 41.5 Å². The quantitative estimate of drug-likeness (QED) is 0.819. The molecule has 0 aliphatic carbocycles. The molecule has 1 aromatic rings. The Morgan fingerprint density at radius 2 is 2.18 bits per heavy atom. The van der Waals surface area contributed by atoms with Gasteiger partial charge in [-0.2, -0.15) is 0 Å². The van der Waals surface area contributed by atoms with Crippen LogP contribution in [0.2, 0.25) is 10.0 Å². The van der Waals surface area contributed by atoms with Gasteiger partial charge in [-0.05, 0) is 30.7 Å². The van der Waals surface area contributed by atoms with Gasteiger partial charge in [0.25, 0.3) is 0 Å². The molecule has 0 bridgehead atoms. The third kappa shape index (κ3) is 3.08. The Morgan fingerprint density at radius 3 is 2.88 bits per heavy atom. The van der Waals surface area contributed by atoms with Crippen LogP contribution in [0.1, 0.15) is 6.42 Å². The third-order valence-electron chi connectivity index (χ3n) is 2.28. The number of nitrogens with one attached hydrogen (secondary N) is 1. The van der Waals surface area contributed by atoms with Crippen molar-refractivity contribution in [2.24, 2.45) is 0 Å². The largest absolute Gasteiger partial charge is 0.504 e. The lowest BCUT2D eigenvalue weighted by molar-refractivity contribution is 0.339. The smallest absolute Gasteiger partial charge is 0.157 e. The van der Waals surface area contributed by atoms with E-state index in [1.807, 2.05) is 12.2 Å². The number of hydrogen-bond donors (Lipinski definition) is 2. The Bertz CT molecular complexity index is 484. The van der Waals surface area contributed by atoms with Gasteiger partial charge in [0.1, 0.15) is 5.76 Å². The zero-order valence-electron chi connectivity index (χ0n) is 8.91. The highest BCUT2D eigenvalue weighted by Crippen LogP contribution is 2.35. The van der Waals surface area contributed by atoms with Crippen molar-refractivity contribution < 1.29 is 9.84 Å². The van der Waals surface area contributed by atoms with Crippen LogP contribution in [-0.4, -0.2) is 11.7 Å². The second kappa shape index (κ2) is 5.34. The Hall–Kier alpha value is -1.32. The molecule has 17 heavy (non-hydrogen) atoms. The number of anilines is 1. The van der Waals surface area contributed by atoms with Crippen LogP contribution in [0.15, 0.2) is 36.3 Å². The minimum atomic E-state index is -0.0111. The molecule has 1 aliphatic rings. The van der Waals surface area contributed by atoms with Gasteiger partial charge in [0.05, 0.1) is 23.5 Å². The summed E-state index contributed by atoms with van der Waals surface area (Å²) in [5.41, 5.74) is 0.488. The van der Waals surface area contributed by atoms with Gasteiger partial charge in [0, 0.05) is 5.02 Å². The monoisotopic (exact) mass is 271 g/mol. The van der Waals surface area contributed by atoms with Gasteiger partial charge in [-0.3, -0.25) is 0 Å². The fourth-order valence-corrected chi connectivity index (χ4v) is 1.93. The van der Waals surface area contributed by atoms with Gasteiger partial charge < -0.3 is 15.2 Å². The summed E-state index contributed by atoms with van der Waals surface area (Å²) >= 11 is 11.7. The van der Waals surface area contributed by atoms with Crippen LogP contribution in [0, 0.1) is 0 Å². The normalized spacial score (nSPS) is 14.1. The summed E-state index contributed by atoms with van der Waals surface area (Å²) in [5, 5.41) is 13.4. The Labute approximate surface area is 109 Å². The Balaban J connectivity index is 2.06. The van der Waals surface area contributed by atoms with E-state index in [0.717, 1.165) is 12.2 Å². The Morgan fingerprint density at radius 1 is 1.35 bits per heavy atom. The van der Waals surface area contributed by atoms with Gasteiger partial charge in [-0.15, -0.1) is 0 Å². The SMILES string of the molecule is Oc1c(Cl)cc(Cl)cc1NCC1=CCC=CO1. The maximum Gasteiger partial charge on any atom is 0.157 e. The molecule has 1 aliphatic heterocycles. The van der Waals surface area contributed by atoms with Gasteiger partial charge in [0.2, 0.25) is 0 Å². The van der Waals surface area contributed by atoms with E-state index >= 15 is 0 Å². The molecule has 90 valence electrons. The second-order valence-electron chi connectivity index (χ2n) is 3.53. The van der Waals surface area contributed by atoms with Crippen LogP contribution >= 0.6 is 23.2 Å². The molecule has 0 spiro atoms. The van der Waals surface area contributed by atoms with Crippen LogP contribution in [0.4, 0.5) is 5.69 Å². The first kappa shape index (κ1) is 12.1. The first-order valence-corrected chi connectivity index (χ1v) is 5.85. The number of allylic oxidation sites excluding steroid dienone is 2. The van der Waals surface area contributed by atoms with Crippen molar-refractivity contribution in [1.29, 1.82) is 0 Å². The summed E-state index contributed by atoms with van der Waals surface area (Å²) in [6.45, 7) is 0.467. The van der Waals surface area contributed by atoms with Crippen molar-refractivity contribution in [3.05, 3.63) is 46.4 Å². The van der Waals surface area contributed by atoms with Crippen LogP contribution in [-0.2, 0) is 4.74 Å². The van der Waals surface area contributed by atoms with E-state index in [-0.39, 0.29) is 10.8 Å². The van der Waals surface area contributed by atoms with Crippen molar-refractivity contribution in [1.82, 2.24) is 0 Å². The maximum absolute atomic E-state index is 9.72. The lowest BCUT2D eigenvalue weighted by Gasteiger charge is -2.13. The lowest BCUT2D eigenvalue weighted by atomic mass is 10.2. The highest BCUT2D eigenvalue weighted by molar-refractivity contribution is 6.36. The summed E-state index contributed by atoms with van der Waals surface area (Å²) in [5.74, 6) is 0.783. The van der Waals surface area contributed by atoms with E-state index in [2.05, 4.69) is 5.32 Å². The van der Waals surface area contributed by atoms with Crippen LogP contribution in [0.3, 0.4) is 0 Å². The number of hydrogen-bond acceptors (Lipinski definition) is 3. The number of aromatic hydroxyl groups is 1. The number of benzene rings is 1. The molecule has 0 fully saturated rings. The van der Waals surface area contributed by atoms with Gasteiger partial charge in [-0.1, -0.05) is 23.2 Å². The summed E-state index contributed by atoms with van der Waals surface area (Å²) in [7, 11) is 0. The molecule has 2 N–H and O–H groups in total. The van der Waals surface area contributed by atoms with E-state index in [4.69, 9.17) is 27.9 Å². The lowest BCUT2D eigenvalue weighted by Crippen LogP contribution is -2.07. The summed E-state index contributed by atoms with van der Waals surface area (Å²) in [6.07, 6.45) is 6.36. The number of ether oxygens (including phenoxy) is 1.